The lowest BCUT2D eigenvalue weighted by Gasteiger charge is -2.16. The zero-order valence-electron chi connectivity index (χ0n) is 15.0. The number of amides is 1. The first-order valence-electron chi connectivity index (χ1n) is 8.30. The second kappa shape index (κ2) is 6.50. The van der Waals surface area contributed by atoms with Crippen LogP contribution in [0.15, 0.2) is 29.9 Å². The number of imidazole rings is 1. The Bertz CT molecular complexity index is 1260. The van der Waals surface area contributed by atoms with Gasteiger partial charge >= 0.3 is 0 Å². The first-order chi connectivity index (χ1) is 13.3. The van der Waals surface area contributed by atoms with E-state index >= 15 is 0 Å². The minimum absolute atomic E-state index is 0.119. The summed E-state index contributed by atoms with van der Waals surface area (Å²) in [5.74, 6) is -0.543. The minimum Gasteiger partial charge on any atom is -0.508 e. The van der Waals surface area contributed by atoms with Crippen LogP contribution in [0.2, 0.25) is 5.15 Å². The van der Waals surface area contributed by atoms with Crippen molar-refractivity contribution >= 4 is 40.2 Å². The quantitative estimate of drug-likeness (QED) is 0.472. The van der Waals surface area contributed by atoms with Crippen molar-refractivity contribution in [1.82, 2.24) is 14.4 Å². The van der Waals surface area contributed by atoms with Crippen LogP contribution in [-0.2, 0) is 0 Å². The summed E-state index contributed by atoms with van der Waals surface area (Å²) in [6.07, 6.45) is 3.52. The molecule has 28 heavy (non-hydrogen) atoms. The SMILES string of the molecule is Cc1ccc(O)c(C)c1-c1cn2cc(-c3nc(Cl)cs3)nc2c(C(N)=O)c1N. The number of hydrogen-bond donors (Lipinski definition) is 3. The standard InChI is InChI=1S/C19H16ClN5O2S/c1-8-3-4-12(26)9(2)14(8)10-5-25-6-11(19-24-13(20)7-28-19)23-18(25)15(16(10)21)17(22)27/h3-7,26H,21H2,1-2H3,(H2,22,27). The summed E-state index contributed by atoms with van der Waals surface area (Å²) < 4.78 is 1.69. The highest BCUT2D eigenvalue weighted by Gasteiger charge is 2.22. The molecule has 7 nitrogen and oxygen atoms in total. The van der Waals surface area contributed by atoms with E-state index in [0.29, 0.717) is 32.6 Å². The van der Waals surface area contributed by atoms with Crippen LogP contribution in [-0.4, -0.2) is 25.4 Å². The van der Waals surface area contributed by atoms with Crippen molar-refractivity contribution in [1.29, 1.82) is 0 Å². The molecule has 0 radical (unpaired) electrons. The van der Waals surface area contributed by atoms with Gasteiger partial charge in [-0.15, -0.1) is 11.3 Å². The molecule has 0 spiro atoms. The molecule has 0 aliphatic heterocycles. The van der Waals surface area contributed by atoms with E-state index in [0.717, 1.165) is 11.1 Å². The molecular formula is C19H16ClN5O2S. The average molecular weight is 414 g/mol. The Morgan fingerprint density at radius 2 is 2.00 bits per heavy atom. The number of phenolic OH excluding ortho intramolecular Hbond substituents is 1. The van der Waals surface area contributed by atoms with Crippen LogP contribution >= 0.6 is 22.9 Å². The number of rotatable bonds is 3. The molecule has 3 heterocycles. The van der Waals surface area contributed by atoms with Gasteiger partial charge in [-0.3, -0.25) is 4.79 Å². The molecule has 0 aliphatic carbocycles. The van der Waals surface area contributed by atoms with E-state index in [2.05, 4.69) is 9.97 Å². The van der Waals surface area contributed by atoms with Gasteiger partial charge in [-0.25, -0.2) is 9.97 Å². The third kappa shape index (κ3) is 2.78. The topological polar surface area (TPSA) is 120 Å². The van der Waals surface area contributed by atoms with Gasteiger partial charge in [0.15, 0.2) is 5.65 Å². The number of primary amides is 1. The van der Waals surface area contributed by atoms with Gasteiger partial charge < -0.3 is 21.0 Å². The number of fused-ring (bicyclic) bond motifs is 1. The van der Waals surface area contributed by atoms with E-state index in [9.17, 15) is 9.90 Å². The summed E-state index contributed by atoms with van der Waals surface area (Å²) in [5.41, 5.74) is 16.1. The number of nitrogens with two attached hydrogens (primary N) is 2. The second-order valence-corrected chi connectivity index (χ2v) is 7.68. The van der Waals surface area contributed by atoms with Crippen molar-refractivity contribution in [2.24, 2.45) is 5.73 Å². The molecule has 0 aliphatic rings. The highest BCUT2D eigenvalue weighted by Crippen LogP contribution is 2.38. The van der Waals surface area contributed by atoms with Crippen molar-refractivity contribution in [2.75, 3.05) is 5.73 Å². The molecule has 0 bridgehead atoms. The molecule has 0 atom stereocenters. The molecule has 3 aromatic heterocycles. The molecule has 1 aromatic carbocycles. The van der Waals surface area contributed by atoms with Crippen molar-refractivity contribution in [2.45, 2.75) is 13.8 Å². The summed E-state index contributed by atoms with van der Waals surface area (Å²) in [7, 11) is 0. The van der Waals surface area contributed by atoms with Gasteiger partial charge in [0, 0.05) is 23.3 Å². The van der Waals surface area contributed by atoms with E-state index in [1.54, 1.807) is 41.2 Å². The molecule has 0 unspecified atom stereocenters. The number of anilines is 1. The maximum Gasteiger partial charge on any atom is 0.254 e. The van der Waals surface area contributed by atoms with Crippen molar-refractivity contribution in [3.63, 3.8) is 0 Å². The highest BCUT2D eigenvalue weighted by atomic mass is 35.5. The van der Waals surface area contributed by atoms with E-state index in [1.165, 1.54) is 11.3 Å². The van der Waals surface area contributed by atoms with Gasteiger partial charge in [-0.1, -0.05) is 17.7 Å². The van der Waals surface area contributed by atoms with Crippen LogP contribution in [0.3, 0.4) is 0 Å². The van der Waals surface area contributed by atoms with Crippen molar-refractivity contribution in [3.05, 3.63) is 51.7 Å². The monoisotopic (exact) mass is 413 g/mol. The molecule has 0 saturated carbocycles. The number of carbonyl (C=O) groups is 1. The third-order valence-electron chi connectivity index (χ3n) is 4.64. The van der Waals surface area contributed by atoms with Crippen LogP contribution < -0.4 is 11.5 Å². The number of benzene rings is 1. The van der Waals surface area contributed by atoms with Crippen LogP contribution in [0.25, 0.3) is 27.5 Å². The summed E-state index contributed by atoms with van der Waals surface area (Å²) in [6.45, 7) is 3.70. The number of aromatic nitrogens is 3. The summed E-state index contributed by atoms with van der Waals surface area (Å²) in [5, 5.41) is 12.8. The largest absolute Gasteiger partial charge is 0.508 e. The predicted molar refractivity (Wildman–Crippen MR) is 111 cm³/mol. The van der Waals surface area contributed by atoms with Crippen LogP contribution in [0, 0.1) is 13.8 Å². The Morgan fingerprint density at radius 1 is 1.25 bits per heavy atom. The van der Waals surface area contributed by atoms with Crippen molar-refractivity contribution in [3.8, 4) is 27.6 Å². The van der Waals surface area contributed by atoms with Gasteiger partial charge in [-0.05, 0) is 36.6 Å². The Labute approximate surface area is 169 Å². The number of halogens is 1. The average Bonchev–Trinajstić information content (AvgIpc) is 3.24. The fourth-order valence-corrected chi connectivity index (χ4v) is 4.21. The highest BCUT2D eigenvalue weighted by molar-refractivity contribution is 7.13. The zero-order chi connectivity index (χ0) is 20.2. The maximum absolute atomic E-state index is 12.2. The Kier molecular flexibility index (Phi) is 4.24. The van der Waals surface area contributed by atoms with E-state index < -0.39 is 5.91 Å². The molecule has 9 heteroatoms. The van der Waals surface area contributed by atoms with E-state index in [4.69, 9.17) is 23.1 Å². The number of thiazole rings is 1. The minimum atomic E-state index is -0.686. The molecule has 0 saturated heterocycles. The summed E-state index contributed by atoms with van der Waals surface area (Å²) in [4.78, 5) is 20.9. The molecule has 4 aromatic rings. The van der Waals surface area contributed by atoms with Gasteiger partial charge in [0.05, 0.1) is 5.69 Å². The molecule has 5 N–H and O–H groups in total. The molecule has 1 amide bonds. The predicted octanol–water partition coefficient (Wildman–Crippen LogP) is 3.78. The molecule has 0 fully saturated rings. The first kappa shape index (κ1) is 18.3. The number of aryl methyl sites for hydroxylation is 1. The third-order valence-corrected chi connectivity index (χ3v) is 5.83. The number of pyridine rings is 1. The zero-order valence-corrected chi connectivity index (χ0v) is 16.6. The lowest BCUT2D eigenvalue weighted by Crippen LogP contribution is -2.16. The number of nitrogen functional groups attached to an aromatic ring is 1. The van der Waals surface area contributed by atoms with Crippen molar-refractivity contribution < 1.29 is 9.90 Å². The van der Waals surface area contributed by atoms with Crippen LogP contribution in [0.5, 0.6) is 5.75 Å². The van der Waals surface area contributed by atoms with Gasteiger partial charge in [0.2, 0.25) is 0 Å². The first-order valence-corrected chi connectivity index (χ1v) is 9.55. The summed E-state index contributed by atoms with van der Waals surface area (Å²) >= 11 is 7.26. The lowest BCUT2D eigenvalue weighted by atomic mass is 9.93. The number of hydrogen-bond acceptors (Lipinski definition) is 6. The molecular weight excluding hydrogens is 398 g/mol. The second-order valence-electron chi connectivity index (χ2n) is 6.43. The van der Waals surface area contributed by atoms with Gasteiger partial charge in [0.1, 0.15) is 27.2 Å². The van der Waals surface area contributed by atoms with Crippen LogP contribution in [0.1, 0.15) is 21.5 Å². The lowest BCUT2D eigenvalue weighted by molar-refractivity contribution is 0.100. The Balaban J connectivity index is 2.06. The smallest absolute Gasteiger partial charge is 0.254 e. The van der Waals surface area contributed by atoms with Gasteiger partial charge in [0.25, 0.3) is 5.91 Å². The Hall–Kier alpha value is -3.10. The van der Waals surface area contributed by atoms with E-state index in [-0.39, 0.29) is 17.0 Å². The normalized spacial score (nSPS) is 11.2. The summed E-state index contributed by atoms with van der Waals surface area (Å²) in [6, 6.07) is 3.42. The molecule has 142 valence electrons. The Morgan fingerprint density at radius 3 is 2.64 bits per heavy atom. The van der Waals surface area contributed by atoms with Gasteiger partial charge in [-0.2, -0.15) is 0 Å². The number of carbonyl (C=O) groups excluding carboxylic acids is 1. The fourth-order valence-electron chi connectivity index (χ4n) is 3.31. The fraction of sp³-hybridized carbons (Fsp3) is 0.105. The maximum atomic E-state index is 12.2. The number of nitrogens with zero attached hydrogens (tertiary/aromatic N) is 3. The number of aromatic hydroxyl groups is 1. The van der Waals surface area contributed by atoms with E-state index in [1.807, 2.05) is 6.92 Å². The van der Waals surface area contributed by atoms with Crippen LogP contribution in [0.4, 0.5) is 5.69 Å². The number of phenols is 1. The molecule has 4 rings (SSSR count).